The van der Waals surface area contributed by atoms with E-state index >= 15 is 0 Å². The Morgan fingerprint density at radius 2 is 1.75 bits per heavy atom. The van der Waals surface area contributed by atoms with Gasteiger partial charge in [0, 0.05) is 0 Å². The molecule has 6 nitrogen and oxygen atoms in total. The second kappa shape index (κ2) is 4.68. The standard InChI is InChI=1S/C9H19NO5S/c1-6-8(2,3)7(11)15-10-9(4,5)16(12,13)14/h10H,6H2,1-5H3,(H,12,13,14). The lowest BCUT2D eigenvalue weighted by atomic mass is 9.91. The average Bonchev–Trinajstić information content (AvgIpc) is 2.12. The number of hydrogen-bond acceptors (Lipinski definition) is 5. The van der Waals surface area contributed by atoms with Gasteiger partial charge in [0.1, 0.15) is 0 Å². The number of carbonyl (C=O) groups is 1. The molecule has 0 aromatic heterocycles. The first kappa shape index (κ1) is 15.3. The van der Waals surface area contributed by atoms with Crippen LogP contribution in [0, 0.1) is 5.41 Å². The zero-order valence-electron chi connectivity index (χ0n) is 10.2. The topological polar surface area (TPSA) is 92.7 Å². The number of hydroxylamine groups is 1. The molecule has 0 fully saturated rings. The van der Waals surface area contributed by atoms with Crippen LogP contribution in [-0.4, -0.2) is 23.8 Å². The predicted molar refractivity (Wildman–Crippen MR) is 58.9 cm³/mol. The molecule has 0 radical (unpaired) electrons. The minimum absolute atomic E-state index is 0.555. The summed E-state index contributed by atoms with van der Waals surface area (Å²) in [4.78, 5) is 14.4. The van der Waals surface area contributed by atoms with Crippen molar-refractivity contribution in [3.63, 3.8) is 0 Å². The molecular formula is C9H19NO5S. The van der Waals surface area contributed by atoms with E-state index in [4.69, 9.17) is 4.55 Å². The maximum Gasteiger partial charge on any atom is 0.330 e. The summed E-state index contributed by atoms with van der Waals surface area (Å²) in [6.45, 7) is 7.55. The summed E-state index contributed by atoms with van der Waals surface area (Å²) in [6, 6.07) is 0. The van der Waals surface area contributed by atoms with E-state index < -0.39 is 26.4 Å². The van der Waals surface area contributed by atoms with E-state index in [1.54, 1.807) is 13.8 Å². The van der Waals surface area contributed by atoms with Gasteiger partial charge in [-0.3, -0.25) is 4.55 Å². The van der Waals surface area contributed by atoms with Crippen LogP contribution in [0.15, 0.2) is 0 Å². The molecule has 0 heterocycles. The number of rotatable bonds is 5. The van der Waals surface area contributed by atoms with Gasteiger partial charge < -0.3 is 4.84 Å². The Balaban J connectivity index is 4.55. The van der Waals surface area contributed by atoms with Gasteiger partial charge in [-0.25, -0.2) is 4.79 Å². The normalized spacial score (nSPS) is 13.6. The van der Waals surface area contributed by atoms with Gasteiger partial charge in [-0.1, -0.05) is 6.92 Å². The van der Waals surface area contributed by atoms with E-state index in [2.05, 4.69) is 10.3 Å². The van der Waals surface area contributed by atoms with Crippen LogP contribution in [0.25, 0.3) is 0 Å². The van der Waals surface area contributed by atoms with Crippen molar-refractivity contribution in [2.24, 2.45) is 5.41 Å². The molecule has 0 aliphatic carbocycles. The Bertz CT molecular complexity index is 358. The van der Waals surface area contributed by atoms with Gasteiger partial charge >= 0.3 is 5.97 Å². The molecule has 0 spiro atoms. The van der Waals surface area contributed by atoms with E-state index in [9.17, 15) is 13.2 Å². The van der Waals surface area contributed by atoms with Gasteiger partial charge in [0.05, 0.1) is 5.41 Å². The van der Waals surface area contributed by atoms with E-state index in [0.717, 1.165) is 0 Å². The second-order valence-electron chi connectivity index (χ2n) is 4.71. The van der Waals surface area contributed by atoms with Crippen LogP contribution in [0.4, 0.5) is 0 Å². The third-order valence-corrected chi connectivity index (χ3v) is 3.84. The van der Waals surface area contributed by atoms with E-state index in [0.29, 0.717) is 6.42 Å². The molecule has 0 saturated heterocycles. The minimum atomic E-state index is -4.34. The molecule has 96 valence electrons. The fraction of sp³-hybridized carbons (Fsp3) is 0.889. The smallest absolute Gasteiger partial charge is 0.330 e. The summed E-state index contributed by atoms with van der Waals surface area (Å²) >= 11 is 0. The van der Waals surface area contributed by atoms with Gasteiger partial charge in [0.25, 0.3) is 10.1 Å². The van der Waals surface area contributed by atoms with Crippen molar-refractivity contribution in [1.82, 2.24) is 5.48 Å². The molecule has 0 bridgehead atoms. The molecule has 0 aliphatic rings. The predicted octanol–water partition coefficient (Wildman–Crippen LogP) is 1.09. The van der Waals surface area contributed by atoms with E-state index in [1.165, 1.54) is 13.8 Å². The zero-order valence-corrected chi connectivity index (χ0v) is 11.0. The molecule has 0 aromatic rings. The van der Waals surface area contributed by atoms with Crippen molar-refractivity contribution in [1.29, 1.82) is 0 Å². The Morgan fingerprint density at radius 3 is 2.06 bits per heavy atom. The van der Waals surface area contributed by atoms with Crippen LogP contribution in [0.1, 0.15) is 41.0 Å². The van der Waals surface area contributed by atoms with Gasteiger partial charge in [-0.2, -0.15) is 8.42 Å². The largest absolute Gasteiger partial charge is 0.368 e. The molecule has 16 heavy (non-hydrogen) atoms. The highest BCUT2D eigenvalue weighted by Crippen LogP contribution is 2.21. The fourth-order valence-electron chi connectivity index (χ4n) is 0.504. The maximum absolute atomic E-state index is 11.5. The van der Waals surface area contributed by atoms with Gasteiger partial charge in [-0.05, 0) is 34.1 Å². The van der Waals surface area contributed by atoms with Crippen LogP contribution in [-0.2, 0) is 19.8 Å². The van der Waals surface area contributed by atoms with Crippen LogP contribution in [0.5, 0.6) is 0 Å². The lowest BCUT2D eigenvalue weighted by molar-refractivity contribution is -0.164. The first-order valence-electron chi connectivity index (χ1n) is 4.89. The lowest BCUT2D eigenvalue weighted by Crippen LogP contribution is -2.48. The second-order valence-corrected chi connectivity index (χ2v) is 6.69. The molecule has 0 aliphatic heterocycles. The first-order chi connectivity index (χ1) is 6.94. The van der Waals surface area contributed by atoms with Crippen molar-refractivity contribution in [3.05, 3.63) is 0 Å². The molecule has 0 saturated carbocycles. The van der Waals surface area contributed by atoms with Crippen molar-refractivity contribution in [2.75, 3.05) is 0 Å². The van der Waals surface area contributed by atoms with E-state index in [1.807, 2.05) is 6.92 Å². The fourth-order valence-corrected chi connectivity index (χ4v) is 0.651. The molecule has 0 amide bonds. The molecule has 0 rings (SSSR count). The van der Waals surface area contributed by atoms with Crippen molar-refractivity contribution in [3.8, 4) is 0 Å². The number of nitrogens with one attached hydrogen (secondary N) is 1. The van der Waals surface area contributed by atoms with Crippen LogP contribution >= 0.6 is 0 Å². The monoisotopic (exact) mass is 253 g/mol. The van der Waals surface area contributed by atoms with E-state index in [-0.39, 0.29) is 0 Å². The highest BCUT2D eigenvalue weighted by atomic mass is 32.2. The van der Waals surface area contributed by atoms with Crippen LogP contribution in [0.3, 0.4) is 0 Å². The quantitative estimate of drug-likeness (QED) is 0.563. The first-order valence-corrected chi connectivity index (χ1v) is 6.33. The van der Waals surface area contributed by atoms with Crippen molar-refractivity contribution >= 4 is 16.1 Å². The molecule has 0 aromatic carbocycles. The number of hydrogen-bond donors (Lipinski definition) is 2. The lowest BCUT2D eigenvalue weighted by Gasteiger charge is -2.25. The Morgan fingerprint density at radius 1 is 1.31 bits per heavy atom. The molecule has 2 N–H and O–H groups in total. The summed E-state index contributed by atoms with van der Waals surface area (Å²) in [5.74, 6) is -0.577. The molecular weight excluding hydrogens is 234 g/mol. The Labute approximate surface area is 96.1 Å². The molecule has 0 atom stereocenters. The third kappa shape index (κ3) is 3.73. The highest BCUT2D eigenvalue weighted by molar-refractivity contribution is 7.87. The van der Waals surface area contributed by atoms with Crippen molar-refractivity contribution in [2.45, 2.75) is 45.9 Å². The highest BCUT2D eigenvalue weighted by Gasteiger charge is 2.36. The Kier molecular flexibility index (Phi) is 4.49. The van der Waals surface area contributed by atoms with Crippen LogP contribution < -0.4 is 5.48 Å². The summed E-state index contributed by atoms with van der Waals surface area (Å²) in [7, 11) is -4.34. The SMILES string of the molecule is CCC(C)(C)C(=O)ONC(C)(C)S(=O)(=O)O. The summed E-state index contributed by atoms with van der Waals surface area (Å²) in [5.41, 5.74) is 1.35. The zero-order chi connectivity index (χ0) is 13.2. The maximum atomic E-state index is 11.5. The summed E-state index contributed by atoms with van der Waals surface area (Å²) in [6.07, 6.45) is 0.555. The summed E-state index contributed by atoms with van der Waals surface area (Å²) in [5, 5.41) is 0. The van der Waals surface area contributed by atoms with Gasteiger partial charge in [-0.15, -0.1) is 5.48 Å². The number of carbonyl (C=O) groups excluding carboxylic acids is 1. The molecule has 0 unspecified atom stereocenters. The van der Waals surface area contributed by atoms with Crippen molar-refractivity contribution < 1.29 is 22.6 Å². The minimum Gasteiger partial charge on any atom is -0.368 e. The van der Waals surface area contributed by atoms with Gasteiger partial charge in [0.2, 0.25) is 0 Å². The van der Waals surface area contributed by atoms with Gasteiger partial charge in [0.15, 0.2) is 4.87 Å². The summed E-state index contributed by atoms with van der Waals surface area (Å²) < 4.78 is 30.6. The molecule has 7 heteroatoms. The average molecular weight is 253 g/mol. The Hall–Kier alpha value is -0.660. The van der Waals surface area contributed by atoms with Crippen LogP contribution in [0.2, 0.25) is 0 Å². The third-order valence-electron chi connectivity index (χ3n) is 2.47.